The Balaban J connectivity index is 1.46. The van der Waals surface area contributed by atoms with Gasteiger partial charge in [-0.25, -0.2) is 5.01 Å². The number of nitrogens with zero attached hydrogens (tertiary/aromatic N) is 1. The van der Waals surface area contributed by atoms with Crippen LogP contribution in [0.3, 0.4) is 0 Å². The van der Waals surface area contributed by atoms with Gasteiger partial charge in [-0.05, 0) is 52.7 Å². The quantitative estimate of drug-likeness (QED) is 0.336. The first-order valence-electron chi connectivity index (χ1n) is 10.8. The molecule has 1 fully saturated rings. The minimum absolute atomic E-state index is 0.0205. The topological polar surface area (TPSA) is 67.9 Å². The second-order valence-corrected chi connectivity index (χ2v) is 7.81. The van der Waals surface area contributed by atoms with Crippen molar-refractivity contribution in [2.24, 2.45) is 0 Å². The highest BCUT2D eigenvalue weighted by atomic mass is 16.5. The van der Waals surface area contributed by atoms with E-state index in [-0.39, 0.29) is 5.57 Å². The fraction of sp³-hybridized carbons (Fsp3) is 0.0714. The minimum atomic E-state index is -0.475. The maximum absolute atomic E-state index is 13.0. The van der Waals surface area contributed by atoms with Crippen molar-refractivity contribution < 1.29 is 19.1 Å². The average Bonchev–Trinajstić information content (AvgIpc) is 3.16. The summed E-state index contributed by atoms with van der Waals surface area (Å²) in [6.45, 7) is 0.333. The van der Waals surface area contributed by atoms with Gasteiger partial charge in [0.05, 0.1) is 12.8 Å². The van der Waals surface area contributed by atoms with Crippen molar-refractivity contribution in [3.8, 4) is 11.5 Å². The Morgan fingerprint density at radius 2 is 1.65 bits per heavy atom. The Morgan fingerprint density at radius 3 is 2.47 bits per heavy atom. The van der Waals surface area contributed by atoms with Gasteiger partial charge in [-0.2, -0.15) is 0 Å². The summed E-state index contributed by atoms with van der Waals surface area (Å²) >= 11 is 0. The number of ether oxygens (including phenoxy) is 2. The second-order valence-electron chi connectivity index (χ2n) is 7.81. The molecule has 0 unspecified atom stereocenters. The first-order valence-corrected chi connectivity index (χ1v) is 10.8. The van der Waals surface area contributed by atoms with E-state index in [1.165, 1.54) is 5.01 Å². The highest BCUT2D eigenvalue weighted by Gasteiger charge is 2.34. The zero-order chi connectivity index (χ0) is 23.5. The lowest BCUT2D eigenvalue weighted by atomic mass is 10.1. The van der Waals surface area contributed by atoms with Gasteiger partial charge in [0, 0.05) is 5.56 Å². The van der Waals surface area contributed by atoms with Crippen molar-refractivity contribution >= 4 is 34.4 Å². The van der Waals surface area contributed by atoms with Gasteiger partial charge in [0.1, 0.15) is 23.7 Å². The molecule has 168 valence electrons. The van der Waals surface area contributed by atoms with Crippen LogP contribution in [0.5, 0.6) is 11.5 Å². The number of anilines is 1. The number of hydrogen-bond acceptors (Lipinski definition) is 4. The van der Waals surface area contributed by atoms with Crippen LogP contribution in [0, 0.1) is 0 Å². The van der Waals surface area contributed by atoms with E-state index in [9.17, 15) is 9.59 Å². The molecule has 0 radical (unpaired) electrons. The van der Waals surface area contributed by atoms with Crippen molar-refractivity contribution in [1.29, 1.82) is 0 Å². The van der Waals surface area contributed by atoms with Crippen LogP contribution in [-0.4, -0.2) is 18.9 Å². The maximum atomic E-state index is 13.0. The van der Waals surface area contributed by atoms with Gasteiger partial charge in [-0.1, -0.05) is 60.7 Å². The van der Waals surface area contributed by atoms with Gasteiger partial charge in [0.2, 0.25) is 0 Å². The molecule has 1 saturated heterocycles. The Morgan fingerprint density at radius 1 is 0.882 bits per heavy atom. The molecule has 34 heavy (non-hydrogen) atoms. The molecule has 1 aliphatic rings. The molecule has 6 heteroatoms. The third-order valence-electron chi connectivity index (χ3n) is 5.69. The van der Waals surface area contributed by atoms with Crippen LogP contribution >= 0.6 is 0 Å². The smallest absolute Gasteiger partial charge is 0.282 e. The van der Waals surface area contributed by atoms with E-state index < -0.39 is 11.8 Å². The van der Waals surface area contributed by atoms with Crippen molar-refractivity contribution in [3.05, 3.63) is 108 Å². The van der Waals surface area contributed by atoms with Gasteiger partial charge >= 0.3 is 0 Å². The molecule has 1 aliphatic heterocycles. The van der Waals surface area contributed by atoms with Gasteiger partial charge in [-0.3, -0.25) is 15.0 Å². The Hall–Kier alpha value is -4.58. The molecule has 0 spiro atoms. The summed E-state index contributed by atoms with van der Waals surface area (Å²) in [4.78, 5) is 25.7. The lowest BCUT2D eigenvalue weighted by molar-refractivity contribution is -0.117. The van der Waals surface area contributed by atoms with Crippen LogP contribution in [0.25, 0.3) is 16.8 Å². The fourth-order valence-corrected chi connectivity index (χ4v) is 3.94. The summed E-state index contributed by atoms with van der Waals surface area (Å²) in [6.07, 6.45) is 1.54. The highest BCUT2D eigenvalue weighted by molar-refractivity contribution is 6.31. The molecule has 1 heterocycles. The summed E-state index contributed by atoms with van der Waals surface area (Å²) in [5.41, 5.74) is 4.84. The van der Waals surface area contributed by atoms with Gasteiger partial charge < -0.3 is 9.47 Å². The molecule has 5 rings (SSSR count). The number of hydrogen-bond donors (Lipinski definition) is 1. The third-order valence-corrected chi connectivity index (χ3v) is 5.69. The molecule has 6 nitrogen and oxygen atoms in total. The zero-order valence-corrected chi connectivity index (χ0v) is 18.5. The molecule has 1 N–H and O–H groups in total. The number of benzene rings is 4. The molecular formula is C28H22N2O4. The average molecular weight is 450 g/mol. The standard InChI is InChI=1S/C28H22N2O4/c1-33-23-14-15-26(34-18-20-10-7-9-19-8-5-6-13-24(19)20)21(16-23)17-25-27(31)29-30(28(25)32)22-11-3-2-4-12-22/h2-17H,18H2,1H3,(H,29,31). The maximum Gasteiger partial charge on any atom is 0.282 e. The predicted octanol–water partition coefficient (Wildman–Crippen LogP) is 4.89. The molecular weight excluding hydrogens is 428 g/mol. The van der Waals surface area contributed by atoms with Crippen molar-refractivity contribution in [1.82, 2.24) is 5.43 Å². The molecule has 4 aromatic carbocycles. The lowest BCUT2D eigenvalue weighted by Crippen LogP contribution is -2.35. The number of amides is 2. The normalized spacial score (nSPS) is 14.5. The number of fused-ring (bicyclic) bond motifs is 1. The fourth-order valence-electron chi connectivity index (χ4n) is 3.94. The lowest BCUT2D eigenvalue weighted by Gasteiger charge is -2.14. The number of carbonyl (C=O) groups excluding carboxylic acids is 2. The van der Waals surface area contributed by atoms with Crippen LogP contribution < -0.4 is 19.9 Å². The summed E-state index contributed by atoms with van der Waals surface area (Å²) in [6, 6.07) is 28.5. The molecule has 0 saturated carbocycles. The summed E-state index contributed by atoms with van der Waals surface area (Å²) in [5.74, 6) is 0.228. The van der Waals surface area contributed by atoms with Crippen LogP contribution in [0.15, 0.2) is 96.6 Å². The Bertz CT molecular complexity index is 1410. The SMILES string of the molecule is COc1ccc(OCc2cccc3ccccc23)c(C=C2C(=O)NN(c3ccccc3)C2=O)c1. The van der Waals surface area contributed by atoms with E-state index in [0.717, 1.165) is 16.3 Å². The highest BCUT2D eigenvalue weighted by Crippen LogP contribution is 2.30. The van der Waals surface area contributed by atoms with Crippen molar-refractivity contribution in [2.45, 2.75) is 6.61 Å². The second kappa shape index (κ2) is 9.11. The van der Waals surface area contributed by atoms with Gasteiger partial charge in [0.15, 0.2) is 0 Å². The summed E-state index contributed by atoms with van der Waals surface area (Å²) in [5, 5.41) is 3.49. The number of para-hydroxylation sites is 1. The van der Waals surface area contributed by atoms with Crippen molar-refractivity contribution in [2.75, 3.05) is 12.1 Å². The number of methoxy groups -OCH3 is 1. The van der Waals surface area contributed by atoms with E-state index >= 15 is 0 Å². The number of carbonyl (C=O) groups is 2. The van der Waals surface area contributed by atoms with E-state index in [0.29, 0.717) is 29.4 Å². The van der Waals surface area contributed by atoms with Crippen LogP contribution in [0.2, 0.25) is 0 Å². The van der Waals surface area contributed by atoms with E-state index in [1.54, 1.807) is 55.7 Å². The molecule has 0 aliphatic carbocycles. The monoisotopic (exact) mass is 450 g/mol. The Labute approximate surface area is 197 Å². The third kappa shape index (κ3) is 4.09. The molecule has 0 aromatic heterocycles. The van der Waals surface area contributed by atoms with E-state index in [2.05, 4.69) is 23.6 Å². The van der Waals surface area contributed by atoms with E-state index in [1.807, 2.05) is 30.3 Å². The Kier molecular flexibility index (Phi) is 5.70. The van der Waals surface area contributed by atoms with Crippen LogP contribution in [0.1, 0.15) is 11.1 Å². The minimum Gasteiger partial charge on any atom is -0.497 e. The number of hydrazine groups is 1. The predicted molar refractivity (Wildman–Crippen MR) is 131 cm³/mol. The number of nitrogens with one attached hydrogen (secondary N) is 1. The molecule has 2 amide bonds. The van der Waals surface area contributed by atoms with Gasteiger partial charge in [-0.15, -0.1) is 0 Å². The number of rotatable bonds is 6. The van der Waals surface area contributed by atoms with Gasteiger partial charge in [0.25, 0.3) is 11.8 Å². The van der Waals surface area contributed by atoms with Crippen molar-refractivity contribution in [3.63, 3.8) is 0 Å². The zero-order valence-electron chi connectivity index (χ0n) is 18.5. The molecule has 0 bridgehead atoms. The first-order chi connectivity index (χ1) is 16.6. The molecule has 4 aromatic rings. The van der Waals surface area contributed by atoms with E-state index in [4.69, 9.17) is 9.47 Å². The summed E-state index contributed by atoms with van der Waals surface area (Å²) < 4.78 is 11.5. The molecule has 0 atom stereocenters. The van der Waals surface area contributed by atoms with Crippen LogP contribution in [0.4, 0.5) is 5.69 Å². The largest absolute Gasteiger partial charge is 0.497 e. The first kappa shape index (κ1) is 21.3. The summed E-state index contributed by atoms with van der Waals surface area (Å²) in [7, 11) is 1.56. The van der Waals surface area contributed by atoms with Crippen LogP contribution in [-0.2, 0) is 16.2 Å².